The number of aliphatic hydroxyl groups is 1. The van der Waals surface area contributed by atoms with E-state index in [4.69, 9.17) is 16.3 Å². The van der Waals surface area contributed by atoms with Crippen LogP contribution in [-0.2, 0) is 13.7 Å². The summed E-state index contributed by atoms with van der Waals surface area (Å²) in [4.78, 5) is 25.1. The van der Waals surface area contributed by atoms with Crippen molar-refractivity contribution in [3.05, 3.63) is 68.9 Å². The molecular weight excluding hydrogens is 491 g/mol. The van der Waals surface area contributed by atoms with Crippen molar-refractivity contribution in [3.63, 3.8) is 0 Å². The summed E-state index contributed by atoms with van der Waals surface area (Å²) < 4.78 is 74.7. The Morgan fingerprint density at radius 3 is 2.53 bits per heavy atom. The number of nitrogens with one attached hydrogen (secondary N) is 1. The van der Waals surface area contributed by atoms with E-state index in [2.05, 4.69) is 10.4 Å². The Morgan fingerprint density at radius 1 is 1.26 bits per heavy atom. The fraction of sp³-hybridized carbons (Fsp3) is 0.250. The molecule has 0 bridgehead atoms. The van der Waals surface area contributed by atoms with Crippen molar-refractivity contribution in [3.8, 4) is 11.4 Å². The second-order valence-corrected chi connectivity index (χ2v) is 7.23. The van der Waals surface area contributed by atoms with E-state index in [0.29, 0.717) is 16.8 Å². The first-order valence-corrected chi connectivity index (χ1v) is 9.82. The minimum Gasteiger partial charge on any atom is -0.481 e. The van der Waals surface area contributed by atoms with Gasteiger partial charge in [-0.15, -0.1) is 5.10 Å². The minimum absolute atomic E-state index is 0.155. The maximum atomic E-state index is 14.9. The van der Waals surface area contributed by atoms with Gasteiger partial charge in [0.1, 0.15) is 36.4 Å². The Kier molecular flexibility index (Phi) is 7.57. The fourth-order valence-corrected chi connectivity index (χ4v) is 3.07. The van der Waals surface area contributed by atoms with Crippen molar-refractivity contribution in [1.29, 1.82) is 0 Å². The molecule has 1 amide bonds. The highest BCUT2D eigenvalue weighted by molar-refractivity contribution is 6.34. The first-order valence-electron chi connectivity index (χ1n) is 9.44. The van der Waals surface area contributed by atoms with E-state index >= 15 is 0 Å². The van der Waals surface area contributed by atoms with Crippen LogP contribution in [0.4, 0.5) is 27.6 Å². The van der Waals surface area contributed by atoms with Crippen LogP contribution in [-0.4, -0.2) is 44.6 Å². The van der Waals surface area contributed by atoms with E-state index in [-0.39, 0.29) is 10.8 Å². The molecule has 3 aromatic rings. The highest BCUT2D eigenvalue weighted by atomic mass is 35.5. The molecule has 182 valence electrons. The number of benzene rings is 2. The number of ether oxygens (including phenoxy) is 1. The van der Waals surface area contributed by atoms with Gasteiger partial charge < -0.3 is 15.2 Å². The lowest BCUT2D eigenvalue weighted by molar-refractivity contribution is -0.00159. The number of halogens is 6. The zero-order valence-electron chi connectivity index (χ0n) is 17.2. The molecule has 8 nitrogen and oxygen atoms in total. The summed E-state index contributed by atoms with van der Waals surface area (Å²) >= 11 is 5.86. The van der Waals surface area contributed by atoms with Gasteiger partial charge in [0.05, 0.1) is 16.3 Å². The van der Waals surface area contributed by atoms with Gasteiger partial charge in [0.2, 0.25) is 0 Å². The summed E-state index contributed by atoms with van der Waals surface area (Å²) in [6.07, 6.45) is -5.66. The van der Waals surface area contributed by atoms with E-state index < -0.39 is 71.7 Å². The molecule has 1 atom stereocenters. The molecule has 2 aromatic carbocycles. The van der Waals surface area contributed by atoms with E-state index in [0.717, 1.165) is 10.6 Å². The third-order valence-corrected chi connectivity index (χ3v) is 4.96. The molecule has 2 N–H and O–H groups in total. The molecule has 0 saturated heterocycles. The van der Waals surface area contributed by atoms with E-state index in [9.17, 15) is 36.6 Å². The molecule has 1 aromatic heterocycles. The molecule has 0 aliphatic rings. The number of nitrogens with zero attached hydrogens (tertiary/aromatic N) is 3. The number of aliphatic hydroxyl groups excluding tert-OH is 1. The summed E-state index contributed by atoms with van der Waals surface area (Å²) in [5, 5.41) is 14.9. The van der Waals surface area contributed by atoms with Crippen LogP contribution in [0.2, 0.25) is 5.02 Å². The summed E-state index contributed by atoms with van der Waals surface area (Å²) in [5.41, 5.74) is -2.75. The molecule has 34 heavy (non-hydrogen) atoms. The maximum Gasteiger partial charge on any atom is 0.350 e. The first-order chi connectivity index (χ1) is 16.1. The predicted octanol–water partition coefficient (Wildman–Crippen LogP) is 3.23. The van der Waals surface area contributed by atoms with E-state index in [1.807, 2.05) is 0 Å². The van der Waals surface area contributed by atoms with Crippen LogP contribution in [0.3, 0.4) is 0 Å². The summed E-state index contributed by atoms with van der Waals surface area (Å²) in [6.45, 7) is -2.34. The molecule has 0 saturated carbocycles. The van der Waals surface area contributed by atoms with Crippen LogP contribution >= 0.6 is 11.6 Å². The third kappa shape index (κ3) is 4.89. The van der Waals surface area contributed by atoms with Gasteiger partial charge in [-0.1, -0.05) is 17.7 Å². The van der Waals surface area contributed by atoms with Crippen LogP contribution in [0.15, 0.2) is 35.1 Å². The van der Waals surface area contributed by atoms with Gasteiger partial charge in [-0.3, -0.25) is 9.36 Å². The van der Waals surface area contributed by atoms with Gasteiger partial charge >= 0.3 is 5.69 Å². The van der Waals surface area contributed by atoms with Crippen LogP contribution < -0.4 is 15.7 Å². The molecule has 1 heterocycles. The average molecular weight is 507 g/mol. The molecule has 3 rings (SSSR count). The second kappa shape index (κ2) is 10.2. The monoisotopic (exact) mass is 506 g/mol. The number of alkyl halides is 3. The van der Waals surface area contributed by atoms with Gasteiger partial charge in [-0.2, -0.15) is 4.68 Å². The van der Waals surface area contributed by atoms with Crippen molar-refractivity contribution in [2.24, 2.45) is 7.05 Å². The lowest BCUT2D eigenvalue weighted by Gasteiger charge is -2.19. The maximum absolute atomic E-state index is 14.9. The van der Waals surface area contributed by atoms with Crippen LogP contribution in [0.5, 0.6) is 5.75 Å². The van der Waals surface area contributed by atoms with E-state index in [1.54, 1.807) is 0 Å². The molecule has 0 spiro atoms. The number of hydrogen-bond donors (Lipinski definition) is 2. The quantitative estimate of drug-likeness (QED) is 0.457. The zero-order valence-corrected chi connectivity index (χ0v) is 18.0. The lowest BCUT2D eigenvalue weighted by atomic mass is 10.1. The van der Waals surface area contributed by atoms with Crippen LogP contribution in [0, 0.1) is 11.6 Å². The molecule has 0 unspecified atom stereocenters. The number of anilines is 1. The Hall–Kier alpha value is -3.45. The minimum atomic E-state index is -3.33. The van der Waals surface area contributed by atoms with Crippen molar-refractivity contribution < 1.29 is 36.6 Å². The highest BCUT2D eigenvalue weighted by Crippen LogP contribution is 2.30. The molecule has 14 heteroatoms. The number of hydrogen-bond acceptors (Lipinski definition) is 5. The Balaban J connectivity index is 2.14. The predicted molar refractivity (Wildman–Crippen MR) is 110 cm³/mol. The van der Waals surface area contributed by atoms with Gasteiger partial charge in [0.25, 0.3) is 12.3 Å². The largest absolute Gasteiger partial charge is 0.481 e. The normalized spacial score (nSPS) is 12.1. The molecular formula is C20H16ClF5N4O4. The molecule has 0 radical (unpaired) electrons. The van der Waals surface area contributed by atoms with Gasteiger partial charge in [-0.25, -0.2) is 26.7 Å². The van der Waals surface area contributed by atoms with Crippen LogP contribution in [0.25, 0.3) is 5.69 Å². The average Bonchev–Trinajstić information content (AvgIpc) is 3.08. The van der Waals surface area contributed by atoms with Crippen molar-refractivity contribution in [1.82, 2.24) is 14.3 Å². The smallest absolute Gasteiger partial charge is 0.350 e. The summed E-state index contributed by atoms with van der Waals surface area (Å²) in [7, 11) is 1.24. The SMILES string of the molecule is Cn1c(CO)nn(-c2cc(O[C@@H](CF)C(F)F)c(C(=O)Nc3c(F)cccc3Cl)cc2F)c1=O. The zero-order chi connectivity index (χ0) is 25.2. The van der Waals surface area contributed by atoms with Crippen LogP contribution in [0.1, 0.15) is 16.2 Å². The summed E-state index contributed by atoms with van der Waals surface area (Å²) in [6, 6.07) is 4.70. The fourth-order valence-electron chi connectivity index (χ4n) is 2.86. The van der Waals surface area contributed by atoms with Crippen molar-refractivity contribution in [2.75, 3.05) is 12.0 Å². The number of para-hydroxylation sites is 1. The number of amides is 1. The Bertz CT molecular complexity index is 1260. The number of rotatable bonds is 8. The van der Waals surface area contributed by atoms with Crippen molar-refractivity contribution in [2.45, 2.75) is 19.1 Å². The van der Waals surface area contributed by atoms with Crippen molar-refractivity contribution >= 4 is 23.2 Å². The Labute approximate surface area is 193 Å². The third-order valence-electron chi connectivity index (χ3n) is 4.65. The Morgan fingerprint density at radius 2 is 1.97 bits per heavy atom. The topological polar surface area (TPSA) is 98.4 Å². The van der Waals surface area contributed by atoms with Gasteiger partial charge in [0.15, 0.2) is 11.9 Å². The summed E-state index contributed by atoms with van der Waals surface area (Å²) in [5.74, 6) is -4.28. The molecule has 0 fully saturated rings. The lowest BCUT2D eigenvalue weighted by Crippen LogP contribution is -2.29. The first kappa shape index (κ1) is 25.2. The van der Waals surface area contributed by atoms with E-state index in [1.165, 1.54) is 19.2 Å². The van der Waals surface area contributed by atoms with Gasteiger partial charge in [-0.05, 0) is 18.2 Å². The number of carbonyl (C=O) groups excluding carboxylic acids is 1. The molecule has 0 aliphatic heterocycles. The number of carbonyl (C=O) groups is 1. The second-order valence-electron chi connectivity index (χ2n) is 6.82. The standard InChI is InChI=1S/C20H16ClF5N4O4/c1-29-16(8-31)28-30(20(29)33)13-6-14(34-15(7-22)18(25)26)9(5-12(13)24)19(32)27-17-10(21)3-2-4-11(17)23/h2-6,15,18,31H,7-8H2,1H3,(H,27,32)/t15-/m0/s1. The van der Waals surface area contributed by atoms with Gasteiger partial charge in [0, 0.05) is 13.1 Å². The highest BCUT2D eigenvalue weighted by Gasteiger charge is 2.28. The molecule has 0 aliphatic carbocycles. The number of aromatic nitrogens is 3.